The molecule has 2 aromatic rings. The Kier molecular flexibility index (Phi) is 10.0. The van der Waals surface area contributed by atoms with Gasteiger partial charge >= 0.3 is 0 Å². The van der Waals surface area contributed by atoms with Gasteiger partial charge in [-0.05, 0) is 61.4 Å². The van der Waals surface area contributed by atoms with Crippen LogP contribution in [-0.4, -0.2) is 74.6 Å². The lowest BCUT2D eigenvalue weighted by atomic mass is 10.1. The molecule has 37 heavy (non-hydrogen) atoms. The van der Waals surface area contributed by atoms with E-state index in [0.29, 0.717) is 29.2 Å². The zero-order valence-electron chi connectivity index (χ0n) is 21.4. The second-order valence-corrected chi connectivity index (χ2v) is 9.17. The zero-order chi connectivity index (χ0) is 26.8. The number of methoxy groups -OCH3 is 1. The van der Waals surface area contributed by atoms with Gasteiger partial charge in [-0.25, -0.2) is 4.39 Å². The van der Waals surface area contributed by atoms with Crippen LogP contribution >= 0.6 is 0 Å². The lowest BCUT2D eigenvalue weighted by molar-refractivity contribution is -0.129. The molecule has 1 aliphatic heterocycles. The van der Waals surface area contributed by atoms with Gasteiger partial charge < -0.3 is 24.6 Å². The van der Waals surface area contributed by atoms with E-state index in [1.165, 1.54) is 30.2 Å². The average Bonchev–Trinajstić information content (AvgIpc) is 2.89. The maximum atomic E-state index is 13.1. The van der Waals surface area contributed by atoms with Crippen LogP contribution in [0.3, 0.4) is 0 Å². The first-order valence-electron chi connectivity index (χ1n) is 12.2. The number of halogens is 1. The number of likely N-dealkylation sites (tertiary alicyclic amines) is 1. The highest BCUT2D eigenvalue weighted by atomic mass is 19.1. The number of carbonyl (C=O) groups is 2. The molecule has 0 aromatic heterocycles. The minimum Gasteiger partial charge on any atom is -0.496 e. The molecule has 0 saturated carbocycles. The van der Waals surface area contributed by atoms with E-state index in [2.05, 4.69) is 16.3 Å². The summed E-state index contributed by atoms with van der Waals surface area (Å²) in [6, 6.07) is 12.7. The third-order valence-corrected chi connectivity index (χ3v) is 6.17. The van der Waals surface area contributed by atoms with E-state index in [-0.39, 0.29) is 36.2 Å². The second-order valence-electron chi connectivity index (χ2n) is 9.17. The maximum Gasteiger partial charge on any atom is 0.244 e. The van der Waals surface area contributed by atoms with Gasteiger partial charge in [-0.1, -0.05) is 0 Å². The molecule has 0 bridgehead atoms. The van der Waals surface area contributed by atoms with E-state index in [1.54, 1.807) is 50.5 Å². The quantitative estimate of drug-likeness (QED) is 0.495. The van der Waals surface area contributed by atoms with Crippen LogP contribution in [0.15, 0.2) is 48.5 Å². The van der Waals surface area contributed by atoms with Gasteiger partial charge in [0.05, 0.1) is 24.8 Å². The first-order chi connectivity index (χ1) is 17.8. The molecule has 0 spiro atoms. The highest BCUT2D eigenvalue weighted by Gasteiger charge is 2.25. The monoisotopic (exact) mass is 508 g/mol. The van der Waals surface area contributed by atoms with Crippen LogP contribution in [0.1, 0.15) is 30.4 Å². The molecule has 1 aliphatic rings. The summed E-state index contributed by atoms with van der Waals surface area (Å²) in [5, 5.41) is 12.1. The molecule has 0 aliphatic carbocycles. The average molecular weight is 509 g/mol. The molecule has 3 rings (SSSR count). The van der Waals surface area contributed by atoms with Crippen molar-refractivity contribution in [2.75, 3.05) is 40.8 Å². The lowest BCUT2D eigenvalue weighted by Gasteiger charge is -2.34. The van der Waals surface area contributed by atoms with Crippen LogP contribution in [-0.2, 0) is 9.59 Å². The number of amides is 2. The van der Waals surface area contributed by atoms with Crippen molar-refractivity contribution in [3.63, 3.8) is 0 Å². The Labute approximate surface area is 217 Å². The summed E-state index contributed by atoms with van der Waals surface area (Å²) in [5.74, 6) is 0.480. The summed E-state index contributed by atoms with van der Waals surface area (Å²) >= 11 is 0. The molecular formula is C28H33FN4O4. The number of nitrogens with zero attached hydrogens (tertiary/aromatic N) is 3. The first kappa shape index (κ1) is 27.7. The number of nitrogens with one attached hydrogen (secondary N) is 1. The summed E-state index contributed by atoms with van der Waals surface area (Å²) in [7, 11) is 4.90. The number of carbonyl (C=O) groups excluding carboxylic acids is 2. The molecular weight excluding hydrogens is 475 g/mol. The van der Waals surface area contributed by atoms with Gasteiger partial charge in [-0.15, -0.1) is 0 Å². The van der Waals surface area contributed by atoms with Crippen molar-refractivity contribution in [2.45, 2.75) is 31.4 Å². The first-order valence-corrected chi connectivity index (χ1v) is 12.2. The van der Waals surface area contributed by atoms with Gasteiger partial charge in [-0.2, -0.15) is 5.26 Å². The van der Waals surface area contributed by atoms with Crippen LogP contribution in [0, 0.1) is 17.1 Å². The van der Waals surface area contributed by atoms with E-state index in [1.807, 2.05) is 0 Å². The topological polar surface area (TPSA) is 94.9 Å². The van der Waals surface area contributed by atoms with Crippen molar-refractivity contribution in [3.8, 4) is 17.6 Å². The molecule has 1 heterocycles. The number of benzene rings is 2. The Morgan fingerprint density at radius 2 is 1.92 bits per heavy atom. The smallest absolute Gasteiger partial charge is 0.244 e. The van der Waals surface area contributed by atoms with E-state index < -0.39 is 0 Å². The highest BCUT2D eigenvalue weighted by molar-refractivity contribution is 5.92. The molecule has 1 fully saturated rings. The Morgan fingerprint density at radius 1 is 1.22 bits per heavy atom. The van der Waals surface area contributed by atoms with Crippen molar-refractivity contribution in [1.82, 2.24) is 15.1 Å². The molecule has 0 radical (unpaired) electrons. The molecule has 8 nitrogen and oxygen atoms in total. The van der Waals surface area contributed by atoms with E-state index in [9.17, 15) is 14.0 Å². The van der Waals surface area contributed by atoms with Gasteiger partial charge in [-0.3, -0.25) is 9.59 Å². The number of hydrogen-bond donors (Lipinski definition) is 1. The summed E-state index contributed by atoms with van der Waals surface area (Å²) in [6.45, 7) is 2.03. The van der Waals surface area contributed by atoms with Crippen LogP contribution in [0.2, 0.25) is 0 Å². The lowest BCUT2D eigenvalue weighted by Crippen LogP contribution is -2.48. The fourth-order valence-corrected chi connectivity index (χ4v) is 4.13. The Bertz CT molecular complexity index is 1140. The number of nitriles is 1. The van der Waals surface area contributed by atoms with Gasteiger partial charge in [0.25, 0.3) is 0 Å². The molecule has 2 amide bonds. The molecule has 9 heteroatoms. The van der Waals surface area contributed by atoms with E-state index in [0.717, 1.165) is 25.9 Å². The third kappa shape index (κ3) is 8.62. The SMILES string of the molecule is COc1ccc(C#N)cc1/C=C/C(=O)N[C@H](CC(=O)N(C)C)CN1CCC(Oc2ccc(F)cc2)CC1. The molecule has 1 N–H and O–H groups in total. The minimum absolute atomic E-state index is 0.0280. The van der Waals surface area contributed by atoms with Gasteiger partial charge in [0.15, 0.2) is 0 Å². The summed E-state index contributed by atoms with van der Waals surface area (Å²) < 4.78 is 24.4. The van der Waals surface area contributed by atoms with Gasteiger partial charge in [0.2, 0.25) is 11.8 Å². The maximum absolute atomic E-state index is 13.1. The second kappa shape index (κ2) is 13.4. The fourth-order valence-electron chi connectivity index (χ4n) is 4.13. The van der Waals surface area contributed by atoms with Crippen LogP contribution in [0.25, 0.3) is 6.08 Å². The molecule has 2 aromatic carbocycles. The number of ether oxygens (including phenoxy) is 2. The van der Waals surface area contributed by atoms with E-state index in [4.69, 9.17) is 14.7 Å². The van der Waals surface area contributed by atoms with Gasteiger partial charge in [0, 0.05) is 51.8 Å². The summed E-state index contributed by atoms with van der Waals surface area (Å²) in [4.78, 5) is 28.9. The minimum atomic E-state index is -0.381. The van der Waals surface area contributed by atoms with Crippen molar-refractivity contribution in [3.05, 3.63) is 65.5 Å². The Morgan fingerprint density at radius 3 is 2.54 bits per heavy atom. The molecule has 1 saturated heterocycles. The standard InChI is InChI=1S/C28H33FN4O4/c1-32(2)28(35)17-23(31-27(34)11-5-21-16-20(18-30)4-10-26(21)36-3)19-33-14-12-25(13-15-33)37-24-8-6-22(29)7-9-24/h4-11,16,23,25H,12-15,17,19H2,1-3H3,(H,31,34)/b11-5+/t23-/m1/s1. The summed E-state index contributed by atoms with van der Waals surface area (Å²) in [5.41, 5.74) is 1.07. The molecule has 196 valence electrons. The van der Waals surface area contributed by atoms with Crippen molar-refractivity contribution in [2.24, 2.45) is 0 Å². The van der Waals surface area contributed by atoms with Gasteiger partial charge in [0.1, 0.15) is 23.4 Å². The van der Waals surface area contributed by atoms with Crippen molar-refractivity contribution >= 4 is 17.9 Å². The Balaban J connectivity index is 1.59. The largest absolute Gasteiger partial charge is 0.496 e. The normalized spacial score (nSPS) is 15.1. The van der Waals surface area contributed by atoms with Crippen LogP contribution in [0.5, 0.6) is 11.5 Å². The third-order valence-electron chi connectivity index (χ3n) is 6.17. The number of rotatable bonds is 10. The number of hydrogen-bond acceptors (Lipinski definition) is 6. The van der Waals surface area contributed by atoms with E-state index >= 15 is 0 Å². The fraction of sp³-hybridized carbons (Fsp3) is 0.393. The van der Waals surface area contributed by atoms with Crippen LogP contribution < -0.4 is 14.8 Å². The van der Waals surface area contributed by atoms with Crippen LogP contribution in [0.4, 0.5) is 4.39 Å². The predicted octanol–water partition coefficient (Wildman–Crippen LogP) is 3.23. The number of piperidine rings is 1. The molecule has 1 atom stereocenters. The Hall–Kier alpha value is -3.90. The van der Waals surface area contributed by atoms with Crippen molar-refractivity contribution < 1.29 is 23.5 Å². The summed E-state index contributed by atoms with van der Waals surface area (Å²) in [6.07, 6.45) is 4.75. The van der Waals surface area contributed by atoms with Crippen molar-refractivity contribution in [1.29, 1.82) is 5.26 Å². The zero-order valence-corrected chi connectivity index (χ0v) is 21.4. The highest BCUT2D eigenvalue weighted by Crippen LogP contribution is 2.22. The molecule has 0 unspecified atom stereocenters. The predicted molar refractivity (Wildman–Crippen MR) is 138 cm³/mol.